The Morgan fingerprint density at radius 2 is 1.34 bits per heavy atom. The number of ether oxygens (including phenoxy) is 2. The first kappa shape index (κ1) is 20.6. The second-order valence-electron chi connectivity index (χ2n) is 8.94. The van der Waals surface area contributed by atoms with E-state index >= 15 is 0 Å². The molecule has 1 aliphatic carbocycles. The maximum absolute atomic E-state index is 5.99. The zero-order valence-electron chi connectivity index (χ0n) is 18.1. The summed E-state index contributed by atoms with van der Waals surface area (Å²) in [5.41, 5.74) is 5.31. The van der Waals surface area contributed by atoms with E-state index in [9.17, 15) is 0 Å². The summed E-state index contributed by atoms with van der Waals surface area (Å²) in [6.45, 7) is 5.82. The molecule has 2 heteroatoms. The van der Waals surface area contributed by atoms with Crippen molar-refractivity contribution in [1.29, 1.82) is 0 Å². The topological polar surface area (TPSA) is 18.5 Å². The Morgan fingerprint density at radius 3 is 1.86 bits per heavy atom. The van der Waals surface area contributed by atoms with Crippen LogP contribution >= 0.6 is 0 Å². The Morgan fingerprint density at radius 1 is 0.724 bits per heavy atom. The van der Waals surface area contributed by atoms with Gasteiger partial charge in [0.1, 0.15) is 6.10 Å². The molecule has 1 saturated carbocycles. The standard InChI is InChI=1S/C27H36O2/c1-3-5-20-6-8-21(9-7-20)22-10-12-23(13-11-22)24-14-16-25(17-15-24)27-19-28-26(4-2)18-29-27/h10-17,20-21,26-27H,3-9,18-19H2,1-2H3/t20?,21?,26-,27-/m1/s1. The molecule has 0 spiro atoms. The fourth-order valence-electron chi connectivity index (χ4n) is 5.00. The molecule has 1 heterocycles. The van der Waals surface area contributed by atoms with Crippen LogP contribution in [0.3, 0.4) is 0 Å². The van der Waals surface area contributed by atoms with Crippen LogP contribution in [0.2, 0.25) is 0 Å². The quantitative estimate of drug-likeness (QED) is 0.514. The van der Waals surface area contributed by atoms with Gasteiger partial charge in [-0.2, -0.15) is 0 Å². The van der Waals surface area contributed by atoms with Gasteiger partial charge in [-0.25, -0.2) is 0 Å². The molecule has 29 heavy (non-hydrogen) atoms. The lowest BCUT2D eigenvalue weighted by atomic mass is 9.77. The highest BCUT2D eigenvalue weighted by molar-refractivity contribution is 5.64. The minimum atomic E-state index is 0.0667. The fourth-order valence-corrected chi connectivity index (χ4v) is 5.00. The van der Waals surface area contributed by atoms with Gasteiger partial charge >= 0.3 is 0 Å². The molecule has 0 N–H and O–H groups in total. The van der Waals surface area contributed by atoms with Crippen LogP contribution in [-0.2, 0) is 9.47 Å². The van der Waals surface area contributed by atoms with Crippen molar-refractivity contribution < 1.29 is 9.47 Å². The zero-order valence-corrected chi connectivity index (χ0v) is 18.1. The van der Waals surface area contributed by atoms with E-state index in [1.807, 2.05) is 0 Å². The van der Waals surface area contributed by atoms with Crippen molar-refractivity contribution in [2.45, 2.75) is 76.9 Å². The largest absolute Gasteiger partial charge is 0.373 e. The molecule has 0 bridgehead atoms. The highest BCUT2D eigenvalue weighted by Gasteiger charge is 2.23. The predicted molar refractivity (Wildman–Crippen MR) is 120 cm³/mol. The minimum absolute atomic E-state index is 0.0667. The van der Waals surface area contributed by atoms with Gasteiger partial charge in [0, 0.05) is 0 Å². The first-order valence-electron chi connectivity index (χ1n) is 11.7. The average molecular weight is 393 g/mol. The molecule has 0 unspecified atom stereocenters. The molecule has 2 aromatic rings. The van der Waals surface area contributed by atoms with E-state index < -0.39 is 0 Å². The van der Waals surface area contributed by atoms with Gasteiger partial charge < -0.3 is 9.47 Å². The first-order valence-corrected chi connectivity index (χ1v) is 11.7. The van der Waals surface area contributed by atoms with Crippen LogP contribution in [0.5, 0.6) is 0 Å². The Kier molecular flexibility index (Phi) is 7.05. The van der Waals surface area contributed by atoms with Crippen molar-refractivity contribution in [1.82, 2.24) is 0 Å². The third-order valence-corrected chi connectivity index (χ3v) is 6.96. The minimum Gasteiger partial charge on any atom is -0.373 e. The SMILES string of the molecule is CCCC1CCC(c2ccc(-c3ccc([C@H]4CO[C@H](CC)CO4)cc3)cc2)CC1. The summed E-state index contributed by atoms with van der Waals surface area (Å²) in [7, 11) is 0. The molecule has 1 saturated heterocycles. The van der Waals surface area contributed by atoms with Crippen molar-refractivity contribution in [3.8, 4) is 11.1 Å². The number of hydrogen-bond donors (Lipinski definition) is 0. The Balaban J connectivity index is 1.36. The Bertz CT molecular complexity index is 733. The van der Waals surface area contributed by atoms with E-state index in [0.29, 0.717) is 13.2 Å². The van der Waals surface area contributed by atoms with E-state index in [4.69, 9.17) is 9.47 Å². The van der Waals surface area contributed by atoms with Crippen molar-refractivity contribution in [3.05, 3.63) is 59.7 Å². The molecule has 1 aliphatic heterocycles. The predicted octanol–water partition coefficient (Wildman–Crippen LogP) is 7.29. The van der Waals surface area contributed by atoms with Crippen LogP contribution in [-0.4, -0.2) is 19.3 Å². The van der Waals surface area contributed by atoms with Gasteiger partial charge in [-0.15, -0.1) is 0 Å². The highest BCUT2D eigenvalue weighted by atomic mass is 16.6. The van der Waals surface area contributed by atoms with E-state index in [-0.39, 0.29) is 12.2 Å². The maximum Gasteiger partial charge on any atom is 0.106 e. The van der Waals surface area contributed by atoms with Crippen molar-refractivity contribution in [2.75, 3.05) is 13.2 Å². The van der Waals surface area contributed by atoms with Crippen molar-refractivity contribution >= 4 is 0 Å². The van der Waals surface area contributed by atoms with E-state index in [1.165, 1.54) is 60.8 Å². The van der Waals surface area contributed by atoms with Crippen LogP contribution in [0.15, 0.2) is 48.5 Å². The molecule has 0 amide bonds. The molecule has 0 aromatic heterocycles. The van der Waals surface area contributed by atoms with Crippen LogP contribution < -0.4 is 0 Å². The molecule has 2 aliphatic rings. The second-order valence-corrected chi connectivity index (χ2v) is 8.94. The van der Waals surface area contributed by atoms with Gasteiger partial charge in [-0.3, -0.25) is 0 Å². The summed E-state index contributed by atoms with van der Waals surface area (Å²) >= 11 is 0. The molecule has 2 fully saturated rings. The van der Waals surface area contributed by atoms with Gasteiger partial charge in [0.15, 0.2) is 0 Å². The summed E-state index contributed by atoms with van der Waals surface area (Å²) < 4.78 is 11.9. The number of rotatable bonds is 6. The van der Waals surface area contributed by atoms with Gasteiger partial charge in [-0.1, -0.05) is 75.2 Å². The Hall–Kier alpha value is -1.64. The van der Waals surface area contributed by atoms with E-state index in [0.717, 1.165) is 18.3 Å². The molecule has 4 rings (SSSR count). The van der Waals surface area contributed by atoms with Crippen LogP contribution in [0.1, 0.15) is 81.9 Å². The molecule has 2 atom stereocenters. The molecular weight excluding hydrogens is 356 g/mol. The number of benzene rings is 2. The van der Waals surface area contributed by atoms with Crippen LogP contribution in [0, 0.1) is 5.92 Å². The van der Waals surface area contributed by atoms with Crippen LogP contribution in [0.25, 0.3) is 11.1 Å². The van der Waals surface area contributed by atoms with E-state index in [2.05, 4.69) is 62.4 Å². The summed E-state index contributed by atoms with van der Waals surface area (Å²) in [5.74, 6) is 1.73. The zero-order chi connectivity index (χ0) is 20.1. The summed E-state index contributed by atoms with van der Waals surface area (Å²) in [4.78, 5) is 0. The molecule has 2 aromatic carbocycles. The monoisotopic (exact) mass is 392 g/mol. The van der Waals surface area contributed by atoms with Crippen molar-refractivity contribution in [2.24, 2.45) is 5.92 Å². The normalized spacial score (nSPS) is 27.7. The molecule has 156 valence electrons. The summed E-state index contributed by atoms with van der Waals surface area (Å²) in [6, 6.07) is 18.1. The second kappa shape index (κ2) is 9.91. The van der Waals surface area contributed by atoms with Crippen molar-refractivity contribution in [3.63, 3.8) is 0 Å². The number of hydrogen-bond acceptors (Lipinski definition) is 2. The summed E-state index contributed by atoms with van der Waals surface area (Å²) in [5, 5.41) is 0. The first-order chi connectivity index (χ1) is 14.3. The van der Waals surface area contributed by atoms with Gasteiger partial charge in [0.2, 0.25) is 0 Å². The lowest BCUT2D eigenvalue weighted by molar-refractivity contribution is -0.135. The molecular formula is C27H36O2. The third kappa shape index (κ3) is 5.10. The van der Waals surface area contributed by atoms with Crippen LogP contribution in [0.4, 0.5) is 0 Å². The lowest BCUT2D eigenvalue weighted by Crippen LogP contribution is -2.30. The lowest BCUT2D eigenvalue weighted by Gasteiger charge is -2.29. The maximum atomic E-state index is 5.99. The smallest absolute Gasteiger partial charge is 0.106 e. The summed E-state index contributed by atoms with van der Waals surface area (Å²) in [6.07, 6.45) is 9.63. The fraction of sp³-hybridized carbons (Fsp3) is 0.556. The van der Waals surface area contributed by atoms with E-state index in [1.54, 1.807) is 0 Å². The van der Waals surface area contributed by atoms with Gasteiger partial charge in [0.25, 0.3) is 0 Å². The average Bonchev–Trinajstić information content (AvgIpc) is 2.80. The third-order valence-electron chi connectivity index (χ3n) is 6.96. The Labute approximate surface area is 176 Å². The highest BCUT2D eigenvalue weighted by Crippen LogP contribution is 2.38. The molecule has 0 radical (unpaired) electrons. The van der Waals surface area contributed by atoms with Gasteiger partial charge in [-0.05, 0) is 66.2 Å². The van der Waals surface area contributed by atoms with Gasteiger partial charge in [0.05, 0.1) is 19.3 Å². The molecule has 2 nitrogen and oxygen atoms in total.